The zero-order chi connectivity index (χ0) is 7.98. The highest BCUT2D eigenvalue weighted by Crippen LogP contribution is 2.40. The van der Waals surface area contributed by atoms with Gasteiger partial charge < -0.3 is 9.05 Å². The minimum absolute atomic E-state index is 0.106. The first-order valence-electron chi connectivity index (χ1n) is 2.40. The highest BCUT2D eigenvalue weighted by Gasteiger charge is 2.04. The van der Waals surface area contributed by atoms with Crippen molar-refractivity contribution in [2.24, 2.45) is 0 Å². The fourth-order valence-corrected chi connectivity index (χ4v) is 0.808. The zero-order valence-corrected chi connectivity index (χ0v) is 7.05. The van der Waals surface area contributed by atoms with Gasteiger partial charge in [-0.2, -0.15) is 12.6 Å². The average Bonchev–Trinajstić information content (AvgIpc) is 1.79. The molecule has 2 nitrogen and oxygen atoms in total. The Labute approximate surface area is 59.7 Å². The Morgan fingerprint density at radius 2 is 1.60 bits per heavy atom. The van der Waals surface area contributed by atoms with Crippen molar-refractivity contribution in [3.05, 3.63) is 0 Å². The van der Waals surface area contributed by atoms with Crippen LogP contribution in [0.2, 0.25) is 0 Å². The fourth-order valence-electron chi connectivity index (χ4n) is 0.269. The molecule has 0 saturated heterocycles. The van der Waals surface area contributed by atoms with Crippen molar-refractivity contribution in [3.8, 4) is 0 Å². The van der Waals surface area contributed by atoms with Crippen LogP contribution >= 0.6 is 17.2 Å². The van der Waals surface area contributed by atoms with Gasteiger partial charge in [-0.3, -0.25) is 0 Å². The van der Waals surface area contributed by atoms with Gasteiger partial charge in [-0.15, -0.1) is 0 Å². The standard InChI is InChI=1S/C3H7F3O2P2/c1-9(4)7-2-3-8-10(5)6/h2-3H2,1H3. The van der Waals surface area contributed by atoms with Crippen LogP contribution in [0.15, 0.2) is 0 Å². The van der Waals surface area contributed by atoms with Crippen molar-refractivity contribution in [3.63, 3.8) is 0 Å². The number of halogens is 3. The predicted octanol–water partition coefficient (Wildman–Crippen LogP) is 3.10. The van der Waals surface area contributed by atoms with Crippen molar-refractivity contribution in [1.29, 1.82) is 0 Å². The first-order chi connectivity index (χ1) is 4.63. The third kappa shape index (κ3) is 8.57. The summed E-state index contributed by atoms with van der Waals surface area (Å²) < 4.78 is 42.5. The van der Waals surface area contributed by atoms with E-state index in [1.807, 2.05) is 0 Å². The highest BCUT2D eigenvalue weighted by molar-refractivity contribution is 7.45. The molecule has 1 unspecified atom stereocenters. The van der Waals surface area contributed by atoms with Gasteiger partial charge in [0.25, 0.3) is 0 Å². The van der Waals surface area contributed by atoms with Gasteiger partial charge >= 0.3 is 8.77 Å². The Balaban J connectivity index is 2.91. The van der Waals surface area contributed by atoms with Gasteiger partial charge in [-0.05, 0) is 0 Å². The van der Waals surface area contributed by atoms with Crippen molar-refractivity contribution in [1.82, 2.24) is 0 Å². The van der Waals surface area contributed by atoms with Crippen LogP contribution in [-0.2, 0) is 9.05 Å². The minimum Gasteiger partial charge on any atom is -0.328 e. The summed E-state index contributed by atoms with van der Waals surface area (Å²) >= 11 is 0. The van der Waals surface area contributed by atoms with E-state index in [0.717, 1.165) is 0 Å². The first kappa shape index (κ1) is 10.6. The molecule has 0 aliphatic carbocycles. The molecule has 1 atom stereocenters. The molecule has 0 aromatic heterocycles. The summed E-state index contributed by atoms with van der Waals surface area (Å²) in [6.45, 7) is 0.893. The Morgan fingerprint density at radius 1 is 1.10 bits per heavy atom. The lowest BCUT2D eigenvalue weighted by Crippen LogP contribution is -1.95. The van der Waals surface area contributed by atoms with Crippen LogP contribution in [0.25, 0.3) is 0 Å². The van der Waals surface area contributed by atoms with E-state index in [4.69, 9.17) is 0 Å². The second-order valence-corrected chi connectivity index (χ2v) is 3.05. The summed E-state index contributed by atoms with van der Waals surface area (Å²) in [4.78, 5) is 0. The Hall–Kier alpha value is 0.570. The quantitative estimate of drug-likeness (QED) is 0.494. The highest BCUT2D eigenvalue weighted by atomic mass is 31.2. The fraction of sp³-hybridized carbons (Fsp3) is 1.00. The van der Waals surface area contributed by atoms with Crippen LogP contribution in [0, 0.1) is 0 Å². The predicted molar refractivity (Wildman–Crippen MR) is 35.0 cm³/mol. The Bertz CT molecular complexity index is 72.1. The van der Waals surface area contributed by atoms with E-state index in [2.05, 4.69) is 9.05 Å². The molecule has 0 N–H and O–H groups in total. The molecule has 0 aromatic carbocycles. The first-order valence-corrected chi connectivity index (χ1v) is 5.04. The molecule has 0 radical (unpaired) electrons. The lowest BCUT2D eigenvalue weighted by molar-refractivity contribution is 0.222. The second kappa shape index (κ2) is 6.29. The number of hydrogen-bond acceptors (Lipinski definition) is 2. The Kier molecular flexibility index (Phi) is 6.65. The number of hydrogen-bond donors (Lipinski definition) is 0. The molecule has 0 aliphatic heterocycles. The zero-order valence-electron chi connectivity index (χ0n) is 5.26. The molecule has 0 spiro atoms. The molecular formula is C3H7F3O2P2. The van der Waals surface area contributed by atoms with Gasteiger partial charge in [0.1, 0.15) is 0 Å². The average molecular weight is 194 g/mol. The molecule has 0 heterocycles. The molecule has 0 fully saturated rings. The third-order valence-electron chi connectivity index (χ3n) is 0.541. The van der Waals surface area contributed by atoms with Gasteiger partial charge in [-0.1, -0.05) is 0 Å². The molecule has 0 amide bonds. The molecule has 0 aromatic rings. The van der Waals surface area contributed by atoms with Crippen LogP contribution < -0.4 is 0 Å². The normalized spacial score (nSPS) is 14.1. The van der Waals surface area contributed by atoms with Gasteiger partial charge in [0.05, 0.1) is 13.2 Å². The van der Waals surface area contributed by atoms with Crippen LogP contribution in [0.5, 0.6) is 0 Å². The molecule has 7 heteroatoms. The van der Waals surface area contributed by atoms with E-state index in [1.54, 1.807) is 0 Å². The summed E-state index contributed by atoms with van der Waals surface area (Å²) in [5.74, 6) is 0. The summed E-state index contributed by atoms with van der Waals surface area (Å²) in [7, 11) is -5.28. The third-order valence-corrected chi connectivity index (χ3v) is 1.46. The monoisotopic (exact) mass is 194 g/mol. The molecule has 0 aliphatic rings. The summed E-state index contributed by atoms with van der Waals surface area (Å²) in [5, 5.41) is 0. The summed E-state index contributed by atoms with van der Waals surface area (Å²) in [6, 6.07) is 0. The van der Waals surface area contributed by atoms with Crippen LogP contribution in [0.1, 0.15) is 0 Å². The van der Waals surface area contributed by atoms with Crippen LogP contribution in [0.3, 0.4) is 0 Å². The molecule has 0 saturated carbocycles. The molecule has 0 bridgehead atoms. The summed E-state index contributed by atoms with van der Waals surface area (Å²) in [6.07, 6.45) is 0. The largest absolute Gasteiger partial charge is 0.415 e. The minimum atomic E-state index is -3.33. The van der Waals surface area contributed by atoms with Crippen molar-refractivity contribution >= 4 is 17.2 Å². The maximum Gasteiger partial charge on any atom is 0.415 e. The maximum absolute atomic E-state index is 11.8. The van der Waals surface area contributed by atoms with E-state index < -0.39 is 17.2 Å². The number of rotatable bonds is 5. The van der Waals surface area contributed by atoms with E-state index in [-0.39, 0.29) is 13.2 Å². The van der Waals surface area contributed by atoms with Crippen molar-refractivity contribution < 1.29 is 21.6 Å². The molecule has 10 heavy (non-hydrogen) atoms. The van der Waals surface area contributed by atoms with Crippen LogP contribution in [-0.4, -0.2) is 19.9 Å². The van der Waals surface area contributed by atoms with Gasteiger partial charge in [-0.25, -0.2) is 0 Å². The molecule has 62 valence electrons. The van der Waals surface area contributed by atoms with Gasteiger partial charge in [0.2, 0.25) is 8.46 Å². The van der Waals surface area contributed by atoms with E-state index in [0.29, 0.717) is 0 Å². The van der Waals surface area contributed by atoms with E-state index in [1.165, 1.54) is 6.66 Å². The lowest BCUT2D eigenvalue weighted by atomic mass is 10.8. The van der Waals surface area contributed by atoms with Crippen LogP contribution in [0.4, 0.5) is 12.6 Å². The second-order valence-electron chi connectivity index (χ2n) is 1.29. The smallest absolute Gasteiger partial charge is 0.328 e. The SMILES string of the molecule is CP(F)OCCOP(F)F. The Morgan fingerprint density at radius 3 is 2.00 bits per heavy atom. The van der Waals surface area contributed by atoms with E-state index in [9.17, 15) is 12.6 Å². The molecular weight excluding hydrogens is 187 g/mol. The van der Waals surface area contributed by atoms with Crippen molar-refractivity contribution in [2.45, 2.75) is 0 Å². The van der Waals surface area contributed by atoms with E-state index >= 15 is 0 Å². The lowest BCUT2D eigenvalue weighted by Gasteiger charge is -2.02. The molecule has 0 rings (SSSR count). The maximum atomic E-state index is 11.8. The topological polar surface area (TPSA) is 18.5 Å². The summed E-state index contributed by atoms with van der Waals surface area (Å²) in [5.41, 5.74) is 0. The van der Waals surface area contributed by atoms with Gasteiger partial charge in [0, 0.05) is 6.66 Å². The van der Waals surface area contributed by atoms with Crippen molar-refractivity contribution in [2.75, 3.05) is 19.9 Å². The van der Waals surface area contributed by atoms with Gasteiger partial charge in [0.15, 0.2) is 0 Å².